The van der Waals surface area contributed by atoms with Crippen LogP contribution in [0.4, 0.5) is 0 Å². The van der Waals surface area contributed by atoms with Crippen LogP contribution in [0.1, 0.15) is 84.7 Å². The van der Waals surface area contributed by atoms with Crippen LogP contribution < -0.4 is 0 Å². The number of benzene rings is 6. The van der Waals surface area contributed by atoms with E-state index in [1.165, 1.54) is 99.5 Å². The van der Waals surface area contributed by atoms with Gasteiger partial charge in [0, 0.05) is 17.8 Å². The van der Waals surface area contributed by atoms with Gasteiger partial charge in [-0.05, 0) is 149 Å². The Balaban J connectivity index is 1.21. The van der Waals surface area contributed by atoms with Crippen molar-refractivity contribution in [3.8, 4) is 33.4 Å². The molecule has 6 aromatic carbocycles. The second kappa shape index (κ2) is 11.0. The highest BCUT2D eigenvalue weighted by molar-refractivity contribution is 6.13. The molecule has 0 amide bonds. The fourth-order valence-electron chi connectivity index (χ4n) is 10.4. The Morgan fingerprint density at radius 2 is 1.38 bits per heavy atom. The van der Waals surface area contributed by atoms with E-state index in [2.05, 4.69) is 147 Å². The quantitative estimate of drug-likeness (QED) is 0.172. The van der Waals surface area contributed by atoms with E-state index in [-0.39, 0.29) is 17.3 Å². The van der Waals surface area contributed by atoms with Gasteiger partial charge in [0.25, 0.3) is 0 Å². The average Bonchev–Trinajstić information content (AvgIpc) is 3.42. The molecule has 1 heteroatoms. The average molecular weight is 669 g/mol. The molecule has 0 spiro atoms. The van der Waals surface area contributed by atoms with Crippen LogP contribution in [0.25, 0.3) is 66.6 Å². The standard InChI is InChI=1S/C51H40O/c1-51(2)44-14-8-7-13-39(44)40-22-19-35(28-45(40)51)34-20-23-41-43(27-34)48(37-18-16-31-10-4-6-12-33(31)26-37)49-38-21-24-42(46(52)29-38)50(49)47(41)36-17-15-30-9-3-5-11-32(30)25-36/h3,5-6,8-9,11-12,14-28,38,42H,4,7,10,13,29H2,1-2H3. The van der Waals surface area contributed by atoms with Gasteiger partial charge in [0.15, 0.2) is 0 Å². The van der Waals surface area contributed by atoms with Crippen molar-refractivity contribution >= 4 is 39.0 Å². The van der Waals surface area contributed by atoms with Gasteiger partial charge in [0.2, 0.25) is 0 Å². The van der Waals surface area contributed by atoms with Crippen LogP contribution in [0, 0.1) is 0 Å². The molecule has 6 aliphatic carbocycles. The molecule has 0 radical (unpaired) electrons. The first-order chi connectivity index (χ1) is 25.4. The number of carbonyl (C=O) groups excluding carboxylic acids is 1. The predicted molar refractivity (Wildman–Crippen MR) is 218 cm³/mol. The van der Waals surface area contributed by atoms with E-state index >= 15 is 0 Å². The number of carbonyl (C=O) groups is 1. The molecule has 6 aliphatic rings. The Morgan fingerprint density at radius 3 is 2.29 bits per heavy atom. The van der Waals surface area contributed by atoms with E-state index in [4.69, 9.17) is 0 Å². The Bertz CT molecular complexity index is 2710. The fraction of sp³-hybridized carbons (Fsp3) is 0.196. The van der Waals surface area contributed by atoms with Crippen molar-refractivity contribution in [2.75, 3.05) is 0 Å². The summed E-state index contributed by atoms with van der Waals surface area (Å²) in [5.41, 5.74) is 18.6. The second-order valence-corrected chi connectivity index (χ2v) is 16.1. The molecule has 0 saturated heterocycles. The summed E-state index contributed by atoms with van der Waals surface area (Å²) in [5.74, 6) is 0.171. The molecule has 6 aromatic rings. The van der Waals surface area contributed by atoms with E-state index in [0.29, 0.717) is 12.2 Å². The van der Waals surface area contributed by atoms with Crippen LogP contribution in [-0.4, -0.2) is 5.78 Å². The molecule has 52 heavy (non-hydrogen) atoms. The van der Waals surface area contributed by atoms with Gasteiger partial charge in [0.1, 0.15) is 5.78 Å². The molecule has 0 fully saturated rings. The summed E-state index contributed by atoms with van der Waals surface area (Å²) < 4.78 is 0. The molecule has 0 aromatic heterocycles. The van der Waals surface area contributed by atoms with Crippen molar-refractivity contribution in [2.24, 2.45) is 0 Å². The summed E-state index contributed by atoms with van der Waals surface area (Å²) in [4.78, 5) is 13.8. The number of ketones is 1. The van der Waals surface area contributed by atoms with Gasteiger partial charge in [0.05, 0.1) is 5.92 Å². The fourth-order valence-corrected chi connectivity index (χ4v) is 10.4. The number of allylic oxidation sites excluding steroid dienone is 7. The number of hydrogen-bond donors (Lipinski definition) is 0. The molecular weight excluding hydrogens is 629 g/mol. The van der Waals surface area contributed by atoms with Crippen molar-refractivity contribution in [3.05, 3.63) is 166 Å². The lowest BCUT2D eigenvalue weighted by Gasteiger charge is -2.37. The molecule has 0 saturated carbocycles. The lowest BCUT2D eigenvalue weighted by atomic mass is 9.65. The zero-order valence-electron chi connectivity index (χ0n) is 29.8. The molecule has 1 nitrogen and oxygen atoms in total. The summed E-state index contributed by atoms with van der Waals surface area (Å²) in [6.07, 6.45) is 18.8. The van der Waals surface area contributed by atoms with Crippen molar-refractivity contribution < 1.29 is 4.79 Å². The molecule has 0 heterocycles. The topological polar surface area (TPSA) is 17.1 Å². The highest BCUT2D eigenvalue weighted by Crippen LogP contribution is 2.56. The third-order valence-electron chi connectivity index (χ3n) is 12.9. The molecule has 2 unspecified atom stereocenters. The van der Waals surface area contributed by atoms with Crippen LogP contribution in [0.3, 0.4) is 0 Å². The van der Waals surface area contributed by atoms with Gasteiger partial charge in [-0.15, -0.1) is 0 Å². The number of rotatable bonds is 3. The van der Waals surface area contributed by atoms with Crippen molar-refractivity contribution in [1.82, 2.24) is 0 Å². The van der Waals surface area contributed by atoms with Gasteiger partial charge < -0.3 is 0 Å². The first-order valence-corrected chi connectivity index (χ1v) is 19.1. The Kier molecular flexibility index (Phi) is 6.37. The number of hydrogen-bond acceptors (Lipinski definition) is 1. The first-order valence-electron chi connectivity index (χ1n) is 19.1. The lowest BCUT2D eigenvalue weighted by Crippen LogP contribution is -2.27. The van der Waals surface area contributed by atoms with Crippen LogP contribution in [-0.2, 0) is 16.6 Å². The smallest absolute Gasteiger partial charge is 0.145 e. The van der Waals surface area contributed by atoms with Crippen molar-refractivity contribution in [3.63, 3.8) is 0 Å². The number of fused-ring (bicyclic) bond motifs is 6. The number of aryl methyl sites for hydroxylation is 1. The second-order valence-electron chi connectivity index (χ2n) is 16.1. The molecule has 2 atom stereocenters. The Labute approximate surface area is 305 Å². The minimum atomic E-state index is -0.228. The molecule has 250 valence electrons. The van der Waals surface area contributed by atoms with E-state index in [0.717, 1.165) is 25.7 Å². The normalized spacial score (nSPS) is 20.4. The lowest BCUT2D eigenvalue weighted by molar-refractivity contribution is -0.120. The first kappa shape index (κ1) is 30.1. The molecule has 0 aliphatic heterocycles. The minimum Gasteiger partial charge on any atom is -0.299 e. The maximum Gasteiger partial charge on any atom is 0.145 e. The SMILES string of the molecule is CC1(C)C2=C(CCC=C2)c2ccc(-c3ccc4c(-c5ccc6ccccc6c5)c5c(c(-c6ccc7c(c6)C=CCC7)c4c3)C3C=CC5C(=O)C3)cc21. The van der Waals surface area contributed by atoms with E-state index in [1.807, 2.05) is 0 Å². The summed E-state index contributed by atoms with van der Waals surface area (Å²) in [5, 5.41) is 4.94. The summed E-state index contributed by atoms with van der Waals surface area (Å²) in [6.45, 7) is 4.78. The van der Waals surface area contributed by atoms with Crippen LogP contribution in [0.2, 0.25) is 0 Å². The van der Waals surface area contributed by atoms with Gasteiger partial charge in [-0.2, -0.15) is 0 Å². The molecule has 0 N–H and O–H groups in total. The van der Waals surface area contributed by atoms with Crippen LogP contribution >= 0.6 is 0 Å². The van der Waals surface area contributed by atoms with Gasteiger partial charge in [-0.3, -0.25) is 4.79 Å². The van der Waals surface area contributed by atoms with Crippen LogP contribution in [0.15, 0.2) is 133 Å². The molecular formula is C51H40O. The third kappa shape index (κ3) is 4.26. The van der Waals surface area contributed by atoms with Crippen molar-refractivity contribution in [1.29, 1.82) is 0 Å². The van der Waals surface area contributed by atoms with E-state index < -0.39 is 0 Å². The number of Topliss-reactive ketones (excluding diaryl/α,β-unsaturated/α-hetero) is 1. The van der Waals surface area contributed by atoms with Crippen molar-refractivity contribution in [2.45, 2.75) is 63.2 Å². The highest BCUT2D eigenvalue weighted by Gasteiger charge is 2.41. The Morgan fingerprint density at radius 1 is 0.635 bits per heavy atom. The van der Waals surface area contributed by atoms with Gasteiger partial charge >= 0.3 is 0 Å². The highest BCUT2D eigenvalue weighted by atomic mass is 16.1. The summed E-state index contributed by atoms with van der Waals surface area (Å²) in [6, 6.07) is 36.9. The molecule has 2 bridgehead atoms. The Hall–Kier alpha value is -5.53. The zero-order valence-corrected chi connectivity index (χ0v) is 29.8. The monoisotopic (exact) mass is 668 g/mol. The predicted octanol–water partition coefficient (Wildman–Crippen LogP) is 13.1. The zero-order chi connectivity index (χ0) is 34.7. The maximum atomic E-state index is 13.8. The summed E-state index contributed by atoms with van der Waals surface area (Å²) >= 11 is 0. The molecule has 12 rings (SSSR count). The van der Waals surface area contributed by atoms with E-state index in [1.54, 1.807) is 0 Å². The largest absolute Gasteiger partial charge is 0.299 e. The van der Waals surface area contributed by atoms with E-state index in [9.17, 15) is 4.79 Å². The maximum absolute atomic E-state index is 13.8. The van der Waals surface area contributed by atoms with Gasteiger partial charge in [-0.1, -0.05) is 123 Å². The summed E-state index contributed by atoms with van der Waals surface area (Å²) in [7, 11) is 0. The van der Waals surface area contributed by atoms with Crippen LogP contribution in [0.5, 0.6) is 0 Å². The minimum absolute atomic E-state index is 0.0172. The van der Waals surface area contributed by atoms with Gasteiger partial charge in [-0.25, -0.2) is 0 Å². The third-order valence-corrected chi connectivity index (χ3v) is 12.9.